The van der Waals surface area contributed by atoms with E-state index in [4.69, 9.17) is 62.7 Å². The van der Waals surface area contributed by atoms with E-state index in [9.17, 15) is 37.9 Å². The lowest BCUT2D eigenvalue weighted by Crippen LogP contribution is -2.45. The number of aryl methyl sites for hydroxylation is 2. The predicted octanol–water partition coefficient (Wildman–Crippen LogP) is 22.1. The van der Waals surface area contributed by atoms with Crippen molar-refractivity contribution in [3.63, 3.8) is 0 Å². The van der Waals surface area contributed by atoms with Crippen LogP contribution in [0.25, 0.3) is 0 Å². The molecule has 0 unspecified atom stereocenters. The van der Waals surface area contributed by atoms with E-state index < -0.39 is 17.7 Å². The summed E-state index contributed by atoms with van der Waals surface area (Å²) in [5, 5.41) is 11.7. The summed E-state index contributed by atoms with van der Waals surface area (Å²) in [6.45, 7) is 21.8. The van der Waals surface area contributed by atoms with Crippen molar-refractivity contribution in [1.82, 2.24) is 22.8 Å². The minimum Gasteiger partial charge on any atom is -0.395 e. The molecule has 7 aliphatic rings. The molecule has 17 nitrogen and oxygen atoms in total. The van der Waals surface area contributed by atoms with Gasteiger partial charge in [-0.2, -0.15) is 0 Å². The molecule has 17 rings (SSSR count). The van der Waals surface area contributed by atoms with Gasteiger partial charge in [0.05, 0.1) is 53.9 Å². The van der Waals surface area contributed by atoms with Crippen LogP contribution in [0.3, 0.4) is 0 Å². The molecule has 690 valence electrons. The van der Waals surface area contributed by atoms with E-state index in [0.717, 1.165) is 182 Å². The fraction of sp³-hybridized carbons (Fsp3) is 0.476. The molecule has 2 aliphatic carbocycles. The first-order valence-electron chi connectivity index (χ1n) is 46.8. The van der Waals surface area contributed by atoms with Crippen LogP contribution in [0.15, 0.2) is 237 Å². The summed E-state index contributed by atoms with van der Waals surface area (Å²) >= 11 is 32.1. The van der Waals surface area contributed by atoms with Gasteiger partial charge in [0.2, 0.25) is 0 Å². The number of alkyl halides is 2. The van der Waals surface area contributed by atoms with Gasteiger partial charge in [-0.25, -0.2) is 4.39 Å². The van der Waals surface area contributed by atoms with Crippen LogP contribution in [0.5, 0.6) is 0 Å². The Labute approximate surface area is 785 Å². The van der Waals surface area contributed by atoms with Crippen LogP contribution in [-0.4, -0.2) is 120 Å². The minimum atomic E-state index is -0.497. The van der Waals surface area contributed by atoms with E-state index in [1.807, 2.05) is 140 Å². The number of benzene rings is 5. The summed E-state index contributed by atoms with van der Waals surface area (Å²) in [4.78, 5) is 73.6. The van der Waals surface area contributed by atoms with Crippen LogP contribution in [0.2, 0.25) is 25.1 Å². The smallest absolute Gasteiger partial charge is 0.271 e. The molecule has 10 heterocycles. The van der Waals surface area contributed by atoms with Gasteiger partial charge in [-0.3, -0.25) is 28.4 Å². The largest absolute Gasteiger partial charge is 0.395 e. The summed E-state index contributed by atoms with van der Waals surface area (Å²) in [5.74, 6) is 3.44. The second-order valence-corrected chi connectivity index (χ2v) is 38.9. The van der Waals surface area contributed by atoms with Gasteiger partial charge in [0.25, 0.3) is 27.8 Å². The van der Waals surface area contributed by atoms with E-state index >= 15 is 0 Å². The molecular formula is C105H129Cl5F2N10O7. The van der Waals surface area contributed by atoms with Gasteiger partial charge in [0, 0.05) is 140 Å². The first-order valence-corrected chi connectivity index (χ1v) is 48.7. The molecule has 10 aromatic rings. The lowest BCUT2D eigenvalue weighted by atomic mass is 9.73. The molecule has 0 bridgehead atoms. The zero-order valence-corrected chi connectivity index (χ0v) is 79.4. The highest BCUT2D eigenvalue weighted by molar-refractivity contribution is 6.34. The van der Waals surface area contributed by atoms with Gasteiger partial charge >= 0.3 is 0 Å². The average molecular weight is 1860 g/mol. The molecule has 5 aliphatic heterocycles. The second-order valence-electron chi connectivity index (χ2n) is 37.0. The van der Waals surface area contributed by atoms with Crippen molar-refractivity contribution in [1.29, 1.82) is 0 Å². The topological polar surface area (TPSA) is 156 Å². The summed E-state index contributed by atoms with van der Waals surface area (Å²) < 4.78 is 41.4. The third-order valence-electron chi connectivity index (χ3n) is 27.3. The number of pyridine rings is 5. The highest BCUT2D eigenvalue weighted by Crippen LogP contribution is 2.44. The van der Waals surface area contributed by atoms with Crippen LogP contribution in [0.4, 0.5) is 37.2 Å². The monoisotopic (exact) mass is 1850 g/mol. The Morgan fingerprint density at radius 1 is 0.380 bits per heavy atom. The molecule has 5 aromatic carbocycles. The molecule has 0 spiro atoms. The van der Waals surface area contributed by atoms with Crippen molar-refractivity contribution in [2.24, 2.45) is 23.7 Å². The molecule has 2 saturated carbocycles. The van der Waals surface area contributed by atoms with Crippen molar-refractivity contribution in [3.8, 4) is 0 Å². The Hall–Kier alpha value is -8.92. The summed E-state index contributed by atoms with van der Waals surface area (Å²) in [6.07, 6.45) is 26.0. The first kappa shape index (κ1) is 97.6. The number of aliphatic hydroxyl groups is 1. The normalized spacial score (nSPS) is 17.4. The van der Waals surface area contributed by atoms with E-state index in [1.165, 1.54) is 42.4 Å². The molecular weight excluding hydrogens is 1730 g/mol. The highest BCUT2D eigenvalue weighted by atomic mass is 35.5. The molecule has 1 N–H and O–H groups in total. The molecule has 24 heteroatoms. The number of aromatic nitrogens is 5. The predicted molar refractivity (Wildman–Crippen MR) is 528 cm³/mol. The molecule has 5 aromatic heterocycles. The number of ether oxygens (including phenoxy) is 1. The quantitative estimate of drug-likeness (QED) is 0.0521. The van der Waals surface area contributed by atoms with Crippen molar-refractivity contribution in [2.45, 2.75) is 205 Å². The number of anilines is 5. The van der Waals surface area contributed by atoms with Gasteiger partial charge in [-0.1, -0.05) is 251 Å². The van der Waals surface area contributed by atoms with Crippen molar-refractivity contribution in [2.75, 3.05) is 117 Å². The van der Waals surface area contributed by atoms with Crippen LogP contribution in [-0.2, 0) is 53.9 Å². The molecule has 129 heavy (non-hydrogen) atoms. The first-order chi connectivity index (χ1) is 62.5. The Bertz CT molecular complexity index is 5520. The van der Waals surface area contributed by atoms with Gasteiger partial charge in [0.1, 0.15) is 31.8 Å². The Morgan fingerprint density at radius 3 is 1.05 bits per heavy atom. The number of rotatable bonds is 27. The highest BCUT2D eigenvalue weighted by Gasteiger charge is 2.41. The fourth-order valence-corrected chi connectivity index (χ4v) is 20.4. The molecule has 0 atom stereocenters. The summed E-state index contributed by atoms with van der Waals surface area (Å²) in [6, 6.07) is 61.4. The number of halogens is 7. The number of unbranched alkanes of at least 4 members (excludes halogenated alkanes) is 1. The van der Waals surface area contributed by atoms with E-state index in [1.54, 1.807) is 22.8 Å². The number of hydrogen-bond acceptors (Lipinski definition) is 12. The van der Waals surface area contributed by atoms with E-state index in [-0.39, 0.29) is 53.1 Å². The van der Waals surface area contributed by atoms with Gasteiger partial charge in [-0.05, 0) is 196 Å². The maximum absolute atomic E-state index is 14.0. The van der Waals surface area contributed by atoms with Crippen LogP contribution < -0.4 is 52.3 Å². The standard InChI is InChI=1S/C22H26ClFN2O2.C21H24ClFN2O.C21H27ClN2O2.C21H27ClN2O.C20H25ClN2O/c23-20-19(8-12-26(21(20)27)16-17-6-7-17)25-13-9-22(10-14-25,28-15-11-24)18-4-2-1-3-5-18;22-19-18(8-11-25(20(19)26)14-16-6-7-16)24-12-9-21(15-23,10-13-24)17-4-2-1-3-5-17;1-2-3-12-24-13-9-18(19(22)20(24)26)23-14-10-21(16-25,11-15-23)17-7-5-4-6-8-17;1-16(2)8-12-24-15-11-19(20(22)21(24)25)23-13-9-18(10-14-23)17-6-4-3-5-7-17;1-15(2)14-23-13-10-18(19(21)20(23)24)22-11-8-17(9-12-22)16-6-4-3-5-7-16/h1-5,8,12,17H,6-7,9-11,13-16H2;1-5,8,11,16H,6-7,9-10,12-15H2;4-9,13,25H,2-3,10-12,14-16H2,1H3;3-7,11,15-16,18H,8-10,12-14H2,1-2H3;3-7,10,13,15,17H,8-9,11-12,14H2,1-2H3. The third kappa shape index (κ3) is 24.9. The zero-order valence-electron chi connectivity index (χ0n) is 75.6. The summed E-state index contributed by atoms with van der Waals surface area (Å²) in [7, 11) is 0. The van der Waals surface area contributed by atoms with Crippen LogP contribution in [0.1, 0.15) is 183 Å². The van der Waals surface area contributed by atoms with Gasteiger partial charge in [0.15, 0.2) is 0 Å². The summed E-state index contributed by atoms with van der Waals surface area (Å²) in [5.41, 5.74) is 8.70. The number of nitrogens with zero attached hydrogens (tertiary/aromatic N) is 10. The van der Waals surface area contributed by atoms with E-state index in [2.05, 4.69) is 132 Å². The molecule has 0 radical (unpaired) electrons. The number of piperidine rings is 5. The maximum Gasteiger partial charge on any atom is 0.271 e. The second kappa shape index (κ2) is 46.4. The van der Waals surface area contributed by atoms with Gasteiger partial charge < -0.3 is 57.2 Å². The maximum atomic E-state index is 14.0. The van der Waals surface area contributed by atoms with Crippen molar-refractivity contribution >= 4 is 86.4 Å². The fourth-order valence-electron chi connectivity index (χ4n) is 18.9. The van der Waals surface area contributed by atoms with Crippen molar-refractivity contribution < 1.29 is 18.6 Å². The zero-order chi connectivity index (χ0) is 91.2. The molecule has 7 fully saturated rings. The Kier molecular flexibility index (Phi) is 35.1. The average Bonchev–Trinajstić information content (AvgIpc) is 1.74. The SMILES string of the molecule is CC(C)CCn1ccc(N2CCC(c3ccccc3)CC2)c(Cl)c1=O.CC(C)Cn1ccc(N2CCC(c3ccccc3)CC2)c(Cl)c1=O.CCCCn1ccc(N2CCC(CO)(c3ccccc3)CC2)c(Cl)c1=O.O=c1c(Cl)c(N2CCC(CF)(c3ccccc3)CC2)ccn1CC1CC1.O=c1c(Cl)c(N2CCC(OCCF)(c3ccccc3)CC2)ccn1CC1CC1. The number of hydrogen-bond donors (Lipinski definition) is 1. The van der Waals surface area contributed by atoms with Crippen molar-refractivity contribution in [3.05, 3.63) is 318 Å². The lowest BCUT2D eigenvalue weighted by molar-refractivity contribution is -0.0715. The lowest BCUT2D eigenvalue weighted by Gasteiger charge is -2.43. The van der Waals surface area contributed by atoms with Crippen LogP contribution >= 0.6 is 58.0 Å². The third-order valence-corrected chi connectivity index (χ3v) is 29.1. The minimum absolute atomic E-state index is 0.0648. The number of aliphatic hydroxyl groups excluding tert-OH is 1. The molecule has 0 amide bonds. The van der Waals surface area contributed by atoms with Crippen LogP contribution in [0, 0.1) is 23.7 Å². The van der Waals surface area contributed by atoms with E-state index in [0.29, 0.717) is 99.9 Å². The Balaban J connectivity index is 0.000000138. The van der Waals surface area contributed by atoms with Gasteiger partial charge in [-0.15, -0.1) is 0 Å². The Morgan fingerprint density at radius 2 is 0.698 bits per heavy atom. The molecule has 5 saturated heterocycles.